The van der Waals surface area contributed by atoms with Crippen LogP contribution in [0, 0.1) is 5.92 Å². The van der Waals surface area contributed by atoms with Gasteiger partial charge in [0, 0.05) is 25.2 Å². The number of hydrogen-bond donors (Lipinski definition) is 3. The van der Waals surface area contributed by atoms with Gasteiger partial charge in [0.15, 0.2) is 0 Å². The first-order chi connectivity index (χ1) is 6.75. The van der Waals surface area contributed by atoms with E-state index in [4.69, 9.17) is 0 Å². The largest absolute Gasteiger partial charge is 0.353 e. The van der Waals surface area contributed by atoms with Crippen molar-refractivity contribution in [3.8, 4) is 0 Å². The van der Waals surface area contributed by atoms with Gasteiger partial charge in [-0.2, -0.15) is 0 Å². The molecule has 0 radical (unpaired) electrons. The van der Waals surface area contributed by atoms with Crippen LogP contribution < -0.4 is 16.0 Å². The topological polar surface area (TPSA) is 53.2 Å². The van der Waals surface area contributed by atoms with E-state index in [9.17, 15) is 4.79 Å². The zero-order valence-electron chi connectivity index (χ0n) is 8.68. The minimum atomic E-state index is 0.222. The summed E-state index contributed by atoms with van der Waals surface area (Å²) in [6, 6.07) is 0.924. The van der Waals surface area contributed by atoms with Crippen LogP contribution in [0.2, 0.25) is 0 Å². The molecule has 2 heterocycles. The number of nitrogens with one attached hydrogen (secondary N) is 3. The fraction of sp³-hybridized carbons (Fsp3) is 0.900. The average Bonchev–Trinajstić information content (AvgIpc) is 1.99. The van der Waals surface area contributed by atoms with Crippen LogP contribution in [0.15, 0.2) is 0 Å². The Morgan fingerprint density at radius 2 is 2.21 bits per heavy atom. The lowest BCUT2D eigenvalue weighted by Crippen LogP contribution is -2.54. The highest BCUT2D eigenvalue weighted by Gasteiger charge is 2.27. The predicted molar refractivity (Wildman–Crippen MR) is 55.0 cm³/mol. The van der Waals surface area contributed by atoms with Gasteiger partial charge in [-0.05, 0) is 26.3 Å². The van der Waals surface area contributed by atoms with Crippen LogP contribution in [0.3, 0.4) is 0 Å². The van der Waals surface area contributed by atoms with E-state index in [1.807, 2.05) is 0 Å². The first-order valence-corrected chi connectivity index (χ1v) is 5.50. The molecular weight excluding hydrogens is 178 g/mol. The second kappa shape index (κ2) is 4.28. The molecule has 2 saturated heterocycles. The van der Waals surface area contributed by atoms with Crippen LogP contribution in [-0.4, -0.2) is 37.6 Å². The van der Waals surface area contributed by atoms with Crippen LogP contribution in [0.1, 0.15) is 19.8 Å². The molecule has 2 rings (SSSR count). The zero-order chi connectivity index (χ0) is 9.97. The molecule has 0 aromatic rings. The standard InChI is InChI=1S/C10H19N3O/c1-7-4-9(2-3-12-7)13-10(14)8-5-11-6-8/h7-9,11-12H,2-6H2,1H3,(H,13,14). The number of rotatable bonds is 2. The molecule has 80 valence electrons. The van der Waals surface area contributed by atoms with Crippen molar-refractivity contribution >= 4 is 5.91 Å². The highest BCUT2D eigenvalue weighted by molar-refractivity contribution is 5.80. The molecule has 4 heteroatoms. The van der Waals surface area contributed by atoms with Gasteiger partial charge in [0.05, 0.1) is 5.92 Å². The Bertz CT molecular complexity index is 215. The molecule has 2 aliphatic heterocycles. The van der Waals surface area contributed by atoms with Crippen molar-refractivity contribution in [2.75, 3.05) is 19.6 Å². The minimum Gasteiger partial charge on any atom is -0.353 e. The summed E-state index contributed by atoms with van der Waals surface area (Å²) in [5.41, 5.74) is 0. The third-order valence-electron chi connectivity index (χ3n) is 3.12. The van der Waals surface area contributed by atoms with Crippen LogP contribution in [0.25, 0.3) is 0 Å². The monoisotopic (exact) mass is 197 g/mol. The number of carbonyl (C=O) groups is 1. The van der Waals surface area contributed by atoms with Gasteiger partial charge in [-0.3, -0.25) is 4.79 Å². The Labute approximate surface area is 84.8 Å². The Morgan fingerprint density at radius 1 is 1.43 bits per heavy atom. The first kappa shape index (κ1) is 9.93. The summed E-state index contributed by atoms with van der Waals surface area (Å²) in [6.45, 7) is 4.90. The van der Waals surface area contributed by atoms with Gasteiger partial charge in [0.2, 0.25) is 5.91 Å². The van der Waals surface area contributed by atoms with Crippen LogP contribution >= 0.6 is 0 Å². The van der Waals surface area contributed by atoms with E-state index in [2.05, 4.69) is 22.9 Å². The maximum Gasteiger partial charge on any atom is 0.225 e. The van der Waals surface area contributed by atoms with Gasteiger partial charge < -0.3 is 16.0 Å². The van der Waals surface area contributed by atoms with Gasteiger partial charge in [-0.1, -0.05) is 0 Å². The third kappa shape index (κ3) is 2.25. The van der Waals surface area contributed by atoms with Crippen LogP contribution in [-0.2, 0) is 4.79 Å². The highest BCUT2D eigenvalue weighted by atomic mass is 16.2. The van der Waals surface area contributed by atoms with Crippen molar-refractivity contribution in [2.45, 2.75) is 31.8 Å². The lowest BCUT2D eigenvalue weighted by molar-refractivity contribution is -0.127. The van der Waals surface area contributed by atoms with E-state index in [-0.39, 0.29) is 11.8 Å². The fourth-order valence-electron chi connectivity index (χ4n) is 2.06. The summed E-state index contributed by atoms with van der Waals surface area (Å²) in [7, 11) is 0. The van der Waals surface area contributed by atoms with Crippen molar-refractivity contribution in [3.05, 3.63) is 0 Å². The number of carbonyl (C=O) groups excluding carboxylic acids is 1. The van der Waals surface area contributed by atoms with E-state index < -0.39 is 0 Å². The number of amides is 1. The van der Waals surface area contributed by atoms with Crippen molar-refractivity contribution in [1.29, 1.82) is 0 Å². The molecule has 0 aromatic carbocycles. The quantitative estimate of drug-likeness (QED) is 0.557. The highest BCUT2D eigenvalue weighted by Crippen LogP contribution is 2.10. The van der Waals surface area contributed by atoms with Crippen molar-refractivity contribution in [3.63, 3.8) is 0 Å². The molecule has 0 bridgehead atoms. The van der Waals surface area contributed by atoms with Crippen molar-refractivity contribution in [2.24, 2.45) is 5.92 Å². The molecule has 14 heavy (non-hydrogen) atoms. The maximum atomic E-state index is 11.6. The Morgan fingerprint density at radius 3 is 2.79 bits per heavy atom. The van der Waals surface area contributed by atoms with Gasteiger partial charge >= 0.3 is 0 Å². The average molecular weight is 197 g/mol. The molecule has 4 nitrogen and oxygen atoms in total. The number of hydrogen-bond acceptors (Lipinski definition) is 3. The molecule has 0 saturated carbocycles. The summed E-state index contributed by atoms with van der Waals surface area (Å²) in [6.07, 6.45) is 2.13. The van der Waals surface area contributed by atoms with E-state index in [1.54, 1.807) is 0 Å². The normalized spacial score (nSPS) is 33.5. The van der Waals surface area contributed by atoms with E-state index >= 15 is 0 Å². The Balaban J connectivity index is 1.75. The summed E-state index contributed by atoms with van der Waals surface area (Å²) in [5, 5.41) is 9.63. The van der Waals surface area contributed by atoms with E-state index in [0.717, 1.165) is 32.5 Å². The fourth-order valence-corrected chi connectivity index (χ4v) is 2.06. The molecule has 2 atom stereocenters. The molecule has 1 amide bonds. The molecular formula is C10H19N3O. The molecule has 0 aromatic heterocycles. The minimum absolute atomic E-state index is 0.222. The van der Waals surface area contributed by atoms with Gasteiger partial charge in [0.1, 0.15) is 0 Å². The first-order valence-electron chi connectivity index (χ1n) is 5.50. The van der Waals surface area contributed by atoms with Crippen LogP contribution in [0.4, 0.5) is 0 Å². The van der Waals surface area contributed by atoms with Gasteiger partial charge in [0.25, 0.3) is 0 Å². The Hall–Kier alpha value is -0.610. The molecule has 2 fully saturated rings. The summed E-state index contributed by atoms with van der Waals surface area (Å²) in [4.78, 5) is 11.6. The Kier molecular flexibility index (Phi) is 3.03. The summed E-state index contributed by atoms with van der Waals surface area (Å²) in [5.74, 6) is 0.461. The van der Waals surface area contributed by atoms with Crippen molar-refractivity contribution in [1.82, 2.24) is 16.0 Å². The van der Waals surface area contributed by atoms with Crippen molar-refractivity contribution < 1.29 is 4.79 Å². The summed E-state index contributed by atoms with van der Waals surface area (Å²) < 4.78 is 0. The third-order valence-corrected chi connectivity index (χ3v) is 3.12. The molecule has 0 spiro atoms. The lowest BCUT2D eigenvalue weighted by Gasteiger charge is -2.32. The molecule has 2 aliphatic rings. The number of piperidine rings is 1. The summed E-state index contributed by atoms with van der Waals surface area (Å²) >= 11 is 0. The SMILES string of the molecule is CC1CC(NC(=O)C2CNC2)CCN1. The lowest BCUT2D eigenvalue weighted by atomic mass is 9.97. The second-order valence-corrected chi connectivity index (χ2v) is 4.44. The second-order valence-electron chi connectivity index (χ2n) is 4.44. The predicted octanol–water partition coefficient (Wildman–Crippen LogP) is -0.537. The van der Waals surface area contributed by atoms with Gasteiger partial charge in [-0.25, -0.2) is 0 Å². The molecule has 0 aliphatic carbocycles. The smallest absolute Gasteiger partial charge is 0.225 e. The molecule has 3 N–H and O–H groups in total. The van der Waals surface area contributed by atoms with Crippen LogP contribution in [0.5, 0.6) is 0 Å². The van der Waals surface area contributed by atoms with Gasteiger partial charge in [-0.15, -0.1) is 0 Å². The zero-order valence-corrected chi connectivity index (χ0v) is 8.68. The van der Waals surface area contributed by atoms with E-state index in [0.29, 0.717) is 12.1 Å². The molecule has 2 unspecified atom stereocenters. The van der Waals surface area contributed by atoms with E-state index in [1.165, 1.54) is 0 Å². The maximum absolute atomic E-state index is 11.6.